The summed E-state index contributed by atoms with van der Waals surface area (Å²) < 4.78 is 30.6. The number of hydrogen-bond acceptors (Lipinski definition) is 5. The van der Waals surface area contributed by atoms with E-state index in [9.17, 15) is 8.42 Å². The van der Waals surface area contributed by atoms with Gasteiger partial charge in [-0.15, -0.1) is 0 Å². The summed E-state index contributed by atoms with van der Waals surface area (Å²) in [5, 5.41) is 0. The first-order chi connectivity index (χ1) is 10.1. The molecule has 2 unspecified atom stereocenters. The van der Waals surface area contributed by atoms with Crippen LogP contribution in [-0.4, -0.2) is 50.9 Å². The van der Waals surface area contributed by atoms with Gasteiger partial charge < -0.3 is 10.5 Å². The Kier molecular flexibility index (Phi) is 4.31. The highest BCUT2D eigenvalue weighted by molar-refractivity contribution is 7.91. The van der Waals surface area contributed by atoms with Crippen molar-refractivity contribution in [3.8, 4) is 0 Å². The number of rotatable bonds is 5. The van der Waals surface area contributed by atoms with E-state index in [2.05, 4.69) is 4.90 Å². The summed E-state index contributed by atoms with van der Waals surface area (Å²) in [4.78, 5) is 2.59. The van der Waals surface area contributed by atoms with Gasteiger partial charge in [-0.05, 0) is 30.5 Å². The van der Waals surface area contributed by atoms with Crippen molar-refractivity contribution in [3.05, 3.63) is 29.8 Å². The number of likely N-dealkylation sites (tertiary alicyclic amines) is 1. The van der Waals surface area contributed by atoms with Gasteiger partial charge in [0.25, 0.3) is 0 Å². The minimum Gasteiger partial charge on any atom is -0.372 e. The summed E-state index contributed by atoms with van der Waals surface area (Å²) in [6, 6.07) is 6.93. The Bertz CT molecular complexity index is 591. The summed E-state index contributed by atoms with van der Waals surface area (Å²) in [7, 11) is -3.24. The zero-order valence-corrected chi connectivity index (χ0v) is 12.9. The van der Waals surface area contributed by atoms with Gasteiger partial charge in [-0.25, -0.2) is 8.42 Å². The molecule has 2 N–H and O–H groups in total. The molecule has 3 rings (SSSR count). The topological polar surface area (TPSA) is 72.6 Å². The smallest absolute Gasteiger partial charge is 0.179 e. The van der Waals surface area contributed by atoms with Gasteiger partial charge >= 0.3 is 0 Å². The lowest BCUT2D eigenvalue weighted by molar-refractivity contribution is -0.0361. The summed E-state index contributed by atoms with van der Waals surface area (Å²) in [6.07, 6.45) is 2.80. The standard InChI is InChI=1S/C15H22N2O3S/c16-9-12-2-1-3-15(8-12)21(18,19)7-6-17-10-13-4-5-14(11-17)20-13/h1-3,8,13-14H,4-7,9-11,16H2. The van der Waals surface area contributed by atoms with Crippen molar-refractivity contribution >= 4 is 9.84 Å². The predicted octanol–water partition coefficient (Wildman–Crippen LogP) is 0.782. The Morgan fingerprint density at radius 2 is 1.95 bits per heavy atom. The molecule has 5 nitrogen and oxygen atoms in total. The molecule has 0 saturated carbocycles. The van der Waals surface area contributed by atoms with Crippen LogP contribution in [-0.2, 0) is 21.1 Å². The Labute approximate surface area is 126 Å². The van der Waals surface area contributed by atoms with Crippen LogP contribution < -0.4 is 5.73 Å². The van der Waals surface area contributed by atoms with Crippen molar-refractivity contribution in [3.63, 3.8) is 0 Å². The van der Waals surface area contributed by atoms with Gasteiger partial charge in [0, 0.05) is 26.2 Å². The maximum absolute atomic E-state index is 12.4. The van der Waals surface area contributed by atoms with E-state index in [0.717, 1.165) is 31.5 Å². The molecule has 2 aliphatic heterocycles. The molecule has 2 saturated heterocycles. The first-order valence-corrected chi connectivity index (χ1v) is 9.11. The van der Waals surface area contributed by atoms with Gasteiger partial charge in [-0.2, -0.15) is 0 Å². The number of morpholine rings is 1. The molecule has 0 radical (unpaired) electrons. The first kappa shape index (κ1) is 15.0. The predicted molar refractivity (Wildman–Crippen MR) is 80.7 cm³/mol. The fraction of sp³-hybridized carbons (Fsp3) is 0.600. The van der Waals surface area contributed by atoms with Crippen LogP contribution in [0.1, 0.15) is 18.4 Å². The summed E-state index contributed by atoms with van der Waals surface area (Å²) in [6.45, 7) is 2.64. The second-order valence-corrected chi connectivity index (χ2v) is 8.00. The lowest BCUT2D eigenvalue weighted by atomic mass is 10.2. The highest BCUT2D eigenvalue weighted by atomic mass is 32.2. The highest BCUT2D eigenvalue weighted by Gasteiger charge is 2.33. The highest BCUT2D eigenvalue weighted by Crippen LogP contribution is 2.26. The molecular formula is C15H22N2O3S. The van der Waals surface area contributed by atoms with Crippen molar-refractivity contribution < 1.29 is 13.2 Å². The van der Waals surface area contributed by atoms with Crippen LogP contribution in [0.5, 0.6) is 0 Å². The molecule has 0 aromatic heterocycles. The second kappa shape index (κ2) is 6.04. The molecular weight excluding hydrogens is 288 g/mol. The van der Waals surface area contributed by atoms with Gasteiger partial charge in [0.1, 0.15) is 0 Å². The van der Waals surface area contributed by atoms with Crippen LogP contribution in [0, 0.1) is 0 Å². The SMILES string of the molecule is NCc1cccc(S(=O)(=O)CCN2CC3CCC(C2)O3)c1. The molecule has 0 spiro atoms. The van der Waals surface area contributed by atoms with Gasteiger partial charge in [-0.3, -0.25) is 4.90 Å². The monoisotopic (exact) mass is 310 g/mol. The van der Waals surface area contributed by atoms with Crippen molar-refractivity contribution in [2.75, 3.05) is 25.4 Å². The lowest BCUT2D eigenvalue weighted by Crippen LogP contribution is -2.44. The Balaban J connectivity index is 1.63. The Morgan fingerprint density at radius 1 is 1.24 bits per heavy atom. The molecule has 0 amide bonds. The largest absolute Gasteiger partial charge is 0.372 e. The molecule has 2 heterocycles. The van der Waals surface area contributed by atoms with E-state index in [1.165, 1.54) is 0 Å². The first-order valence-electron chi connectivity index (χ1n) is 7.46. The van der Waals surface area contributed by atoms with E-state index < -0.39 is 9.84 Å². The quantitative estimate of drug-likeness (QED) is 0.870. The van der Waals surface area contributed by atoms with Gasteiger partial charge in [0.15, 0.2) is 9.84 Å². The van der Waals surface area contributed by atoms with E-state index in [4.69, 9.17) is 10.5 Å². The molecule has 2 fully saturated rings. The van der Waals surface area contributed by atoms with E-state index in [1.807, 2.05) is 6.07 Å². The van der Waals surface area contributed by atoms with Crippen molar-refractivity contribution in [1.29, 1.82) is 0 Å². The van der Waals surface area contributed by atoms with Crippen LogP contribution in [0.15, 0.2) is 29.2 Å². The van der Waals surface area contributed by atoms with Crippen molar-refractivity contribution in [2.24, 2.45) is 5.73 Å². The summed E-state index contributed by atoms with van der Waals surface area (Å²) in [5.74, 6) is 0.153. The Morgan fingerprint density at radius 3 is 2.62 bits per heavy atom. The van der Waals surface area contributed by atoms with E-state index in [1.54, 1.807) is 18.2 Å². The van der Waals surface area contributed by atoms with Crippen molar-refractivity contribution in [1.82, 2.24) is 4.90 Å². The van der Waals surface area contributed by atoms with Gasteiger partial charge in [-0.1, -0.05) is 12.1 Å². The number of ether oxygens (including phenoxy) is 1. The maximum atomic E-state index is 12.4. The molecule has 2 atom stereocenters. The molecule has 2 bridgehead atoms. The van der Waals surface area contributed by atoms with Gasteiger partial charge in [0.2, 0.25) is 0 Å². The van der Waals surface area contributed by atoms with E-state index in [0.29, 0.717) is 30.2 Å². The zero-order chi connectivity index (χ0) is 14.9. The number of sulfone groups is 1. The molecule has 21 heavy (non-hydrogen) atoms. The minimum absolute atomic E-state index is 0.153. The third-order valence-electron chi connectivity index (χ3n) is 4.29. The average Bonchev–Trinajstić information content (AvgIpc) is 2.84. The fourth-order valence-corrected chi connectivity index (χ4v) is 4.47. The number of fused-ring (bicyclic) bond motifs is 2. The Hall–Kier alpha value is -0.950. The second-order valence-electron chi connectivity index (χ2n) is 5.89. The number of benzene rings is 1. The molecule has 6 heteroatoms. The van der Waals surface area contributed by atoms with Crippen LogP contribution >= 0.6 is 0 Å². The third kappa shape index (κ3) is 3.45. The zero-order valence-electron chi connectivity index (χ0n) is 12.1. The van der Waals surface area contributed by atoms with Gasteiger partial charge in [0.05, 0.1) is 22.9 Å². The minimum atomic E-state index is -3.24. The van der Waals surface area contributed by atoms with Crippen LogP contribution in [0.25, 0.3) is 0 Å². The third-order valence-corrected chi connectivity index (χ3v) is 5.98. The molecule has 0 aliphatic carbocycles. The molecule has 116 valence electrons. The van der Waals surface area contributed by atoms with Crippen LogP contribution in [0.4, 0.5) is 0 Å². The van der Waals surface area contributed by atoms with Crippen LogP contribution in [0.3, 0.4) is 0 Å². The number of nitrogens with two attached hydrogens (primary N) is 1. The average molecular weight is 310 g/mol. The maximum Gasteiger partial charge on any atom is 0.179 e. The van der Waals surface area contributed by atoms with E-state index >= 15 is 0 Å². The van der Waals surface area contributed by atoms with Crippen molar-refractivity contribution in [2.45, 2.75) is 36.5 Å². The number of nitrogens with zero attached hydrogens (tertiary/aromatic N) is 1. The van der Waals surface area contributed by atoms with Crippen LogP contribution in [0.2, 0.25) is 0 Å². The number of hydrogen-bond donors (Lipinski definition) is 1. The normalized spacial score (nSPS) is 26.1. The lowest BCUT2D eigenvalue weighted by Gasteiger charge is -2.31. The summed E-state index contributed by atoms with van der Waals surface area (Å²) in [5.41, 5.74) is 6.42. The molecule has 1 aromatic rings. The fourth-order valence-electron chi connectivity index (χ4n) is 3.11. The molecule has 2 aliphatic rings. The molecule has 1 aromatic carbocycles. The van der Waals surface area contributed by atoms with E-state index in [-0.39, 0.29) is 5.75 Å². The summed E-state index contributed by atoms with van der Waals surface area (Å²) >= 11 is 0.